The van der Waals surface area contributed by atoms with Crippen LogP contribution in [0.1, 0.15) is 11.1 Å². The molecule has 2 aromatic rings. The SMILES string of the molecule is Cc1cc(C)cc(-c2cn(CC#N)nn2)c1. The van der Waals surface area contributed by atoms with Gasteiger partial charge in [0.15, 0.2) is 0 Å². The lowest BCUT2D eigenvalue weighted by atomic mass is 10.1. The molecule has 80 valence electrons. The van der Waals surface area contributed by atoms with Crippen LogP contribution in [0.15, 0.2) is 24.4 Å². The van der Waals surface area contributed by atoms with Crippen molar-refractivity contribution >= 4 is 0 Å². The molecule has 0 saturated heterocycles. The standard InChI is InChI=1S/C12H12N4/c1-9-5-10(2)7-11(6-9)12-8-16(4-3-13)15-14-12/h5-8H,4H2,1-2H3. The van der Waals surface area contributed by atoms with Gasteiger partial charge >= 0.3 is 0 Å². The van der Waals surface area contributed by atoms with Crippen molar-refractivity contribution in [3.05, 3.63) is 35.5 Å². The van der Waals surface area contributed by atoms with Gasteiger partial charge in [0.05, 0.1) is 12.3 Å². The average Bonchev–Trinajstić information content (AvgIpc) is 2.65. The van der Waals surface area contributed by atoms with E-state index in [1.165, 1.54) is 15.8 Å². The minimum absolute atomic E-state index is 0.234. The Hall–Kier alpha value is -2.15. The third kappa shape index (κ3) is 2.09. The molecule has 4 nitrogen and oxygen atoms in total. The molecule has 1 heterocycles. The Kier molecular flexibility index (Phi) is 2.69. The van der Waals surface area contributed by atoms with Crippen LogP contribution >= 0.6 is 0 Å². The maximum Gasteiger partial charge on any atom is 0.129 e. The topological polar surface area (TPSA) is 54.5 Å². The molecular formula is C12H12N4. The number of nitriles is 1. The van der Waals surface area contributed by atoms with Gasteiger partial charge < -0.3 is 0 Å². The molecule has 0 aliphatic rings. The molecule has 0 radical (unpaired) electrons. The zero-order chi connectivity index (χ0) is 11.5. The van der Waals surface area contributed by atoms with E-state index in [0.717, 1.165) is 11.3 Å². The summed E-state index contributed by atoms with van der Waals surface area (Å²) in [5.74, 6) is 0. The number of nitrogens with zero attached hydrogens (tertiary/aromatic N) is 4. The maximum absolute atomic E-state index is 8.55. The van der Waals surface area contributed by atoms with Gasteiger partial charge in [0, 0.05) is 5.56 Å². The summed E-state index contributed by atoms with van der Waals surface area (Å²) in [6.45, 7) is 4.34. The monoisotopic (exact) mass is 212 g/mol. The Morgan fingerprint density at radius 3 is 2.56 bits per heavy atom. The van der Waals surface area contributed by atoms with Crippen molar-refractivity contribution in [2.45, 2.75) is 20.4 Å². The molecule has 0 aliphatic carbocycles. The highest BCUT2D eigenvalue weighted by Crippen LogP contribution is 2.19. The first-order chi connectivity index (χ1) is 7.69. The number of hydrogen-bond donors (Lipinski definition) is 0. The van der Waals surface area contributed by atoms with Crippen molar-refractivity contribution in [1.82, 2.24) is 15.0 Å². The molecule has 1 aromatic heterocycles. The highest BCUT2D eigenvalue weighted by molar-refractivity contribution is 5.59. The van der Waals surface area contributed by atoms with Crippen LogP contribution in [0.5, 0.6) is 0 Å². The number of rotatable bonds is 2. The van der Waals surface area contributed by atoms with E-state index in [1.807, 2.05) is 6.07 Å². The van der Waals surface area contributed by atoms with Gasteiger partial charge in [-0.25, -0.2) is 4.68 Å². The highest BCUT2D eigenvalue weighted by atomic mass is 15.4. The summed E-state index contributed by atoms with van der Waals surface area (Å²) in [6.07, 6.45) is 1.79. The zero-order valence-electron chi connectivity index (χ0n) is 9.31. The fourth-order valence-electron chi connectivity index (χ4n) is 1.70. The second-order valence-electron chi connectivity index (χ2n) is 3.84. The molecule has 0 saturated carbocycles. The van der Waals surface area contributed by atoms with Crippen molar-refractivity contribution < 1.29 is 0 Å². The molecule has 0 bridgehead atoms. The Morgan fingerprint density at radius 2 is 1.94 bits per heavy atom. The first-order valence-corrected chi connectivity index (χ1v) is 5.05. The normalized spacial score (nSPS) is 10.1. The van der Waals surface area contributed by atoms with Crippen LogP contribution in [-0.4, -0.2) is 15.0 Å². The molecule has 1 aromatic carbocycles. The lowest BCUT2D eigenvalue weighted by Crippen LogP contribution is -1.94. The van der Waals surface area contributed by atoms with Crippen LogP contribution in [0, 0.1) is 25.2 Å². The second-order valence-corrected chi connectivity index (χ2v) is 3.84. The van der Waals surface area contributed by atoms with Crippen LogP contribution in [0.25, 0.3) is 11.3 Å². The maximum atomic E-state index is 8.55. The fourth-order valence-corrected chi connectivity index (χ4v) is 1.70. The molecule has 0 N–H and O–H groups in total. The summed E-state index contributed by atoms with van der Waals surface area (Å²) in [7, 11) is 0. The summed E-state index contributed by atoms with van der Waals surface area (Å²) in [5, 5.41) is 16.5. The largest absolute Gasteiger partial charge is 0.238 e. The summed E-state index contributed by atoms with van der Waals surface area (Å²) in [6, 6.07) is 8.27. The van der Waals surface area contributed by atoms with Gasteiger partial charge in [-0.05, 0) is 26.0 Å². The van der Waals surface area contributed by atoms with Crippen molar-refractivity contribution in [2.75, 3.05) is 0 Å². The summed E-state index contributed by atoms with van der Waals surface area (Å²) in [4.78, 5) is 0. The smallest absolute Gasteiger partial charge is 0.129 e. The van der Waals surface area contributed by atoms with E-state index in [2.05, 4.69) is 42.4 Å². The summed E-state index contributed by atoms with van der Waals surface area (Å²) in [5.41, 5.74) is 4.25. The molecule has 0 atom stereocenters. The van der Waals surface area contributed by atoms with Gasteiger partial charge in [-0.15, -0.1) is 5.10 Å². The average molecular weight is 212 g/mol. The first-order valence-electron chi connectivity index (χ1n) is 5.05. The Bertz CT molecular complexity index is 528. The molecule has 16 heavy (non-hydrogen) atoms. The van der Waals surface area contributed by atoms with Gasteiger partial charge in [-0.2, -0.15) is 5.26 Å². The van der Waals surface area contributed by atoms with E-state index in [9.17, 15) is 0 Å². The van der Waals surface area contributed by atoms with Crippen LogP contribution in [0.3, 0.4) is 0 Å². The van der Waals surface area contributed by atoms with Crippen molar-refractivity contribution in [3.63, 3.8) is 0 Å². The van der Waals surface area contributed by atoms with E-state index >= 15 is 0 Å². The van der Waals surface area contributed by atoms with E-state index in [-0.39, 0.29) is 6.54 Å². The number of aromatic nitrogens is 3. The Labute approximate surface area is 94.1 Å². The van der Waals surface area contributed by atoms with Gasteiger partial charge in [-0.1, -0.05) is 22.4 Å². The molecule has 2 rings (SSSR count). The van der Waals surface area contributed by atoms with Gasteiger partial charge in [-0.3, -0.25) is 0 Å². The lowest BCUT2D eigenvalue weighted by molar-refractivity contribution is 0.668. The predicted molar refractivity (Wildman–Crippen MR) is 60.5 cm³/mol. The molecule has 0 fully saturated rings. The summed E-state index contributed by atoms with van der Waals surface area (Å²) < 4.78 is 1.53. The molecule has 0 spiro atoms. The molecule has 0 aliphatic heterocycles. The van der Waals surface area contributed by atoms with Gasteiger partial charge in [0.2, 0.25) is 0 Å². The third-order valence-electron chi connectivity index (χ3n) is 2.29. The fraction of sp³-hybridized carbons (Fsp3) is 0.250. The minimum Gasteiger partial charge on any atom is -0.238 e. The van der Waals surface area contributed by atoms with E-state index in [4.69, 9.17) is 5.26 Å². The number of aryl methyl sites for hydroxylation is 2. The Balaban J connectivity index is 2.39. The zero-order valence-corrected chi connectivity index (χ0v) is 9.31. The highest BCUT2D eigenvalue weighted by Gasteiger charge is 2.04. The van der Waals surface area contributed by atoms with Gasteiger partial charge in [0.25, 0.3) is 0 Å². The van der Waals surface area contributed by atoms with E-state index in [0.29, 0.717) is 0 Å². The molecule has 0 unspecified atom stereocenters. The quantitative estimate of drug-likeness (QED) is 0.765. The van der Waals surface area contributed by atoms with E-state index < -0.39 is 0 Å². The minimum atomic E-state index is 0.234. The second kappa shape index (κ2) is 4.15. The van der Waals surface area contributed by atoms with Crippen molar-refractivity contribution in [3.8, 4) is 17.3 Å². The van der Waals surface area contributed by atoms with Crippen LogP contribution in [-0.2, 0) is 6.54 Å². The van der Waals surface area contributed by atoms with Crippen LogP contribution < -0.4 is 0 Å². The van der Waals surface area contributed by atoms with Crippen molar-refractivity contribution in [1.29, 1.82) is 5.26 Å². The molecule has 0 amide bonds. The van der Waals surface area contributed by atoms with Crippen LogP contribution in [0.2, 0.25) is 0 Å². The third-order valence-corrected chi connectivity index (χ3v) is 2.29. The lowest BCUT2D eigenvalue weighted by Gasteiger charge is -2.00. The molecule has 4 heteroatoms. The Morgan fingerprint density at radius 1 is 1.25 bits per heavy atom. The number of benzene rings is 1. The van der Waals surface area contributed by atoms with Gasteiger partial charge in [0.1, 0.15) is 12.2 Å². The van der Waals surface area contributed by atoms with E-state index in [1.54, 1.807) is 6.20 Å². The molecular weight excluding hydrogens is 200 g/mol. The van der Waals surface area contributed by atoms with Crippen LogP contribution in [0.4, 0.5) is 0 Å². The summed E-state index contributed by atoms with van der Waals surface area (Å²) >= 11 is 0. The number of hydrogen-bond acceptors (Lipinski definition) is 3. The predicted octanol–water partition coefficient (Wildman–Crippen LogP) is 2.09. The van der Waals surface area contributed by atoms with Crippen molar-refractivity contribution in [2.24, 2.45) is 0 Å². The first kappa shape index (κ1) is 10.4.